The number of hydrogen-bond acceptors (Lipinski definition) is 0. The number of aromatic nitrogens is 1. The van der Waals surface area contributed by atoms with Crippen molar-refractivity contribution in [2.24, 2.45) is 0 Å². The second kappa shape index (κ2) is 3.39. The SMILES string of the molecule is C[N+]1(C)C=CC(c2cc[nH+]cc2)=CC1. The number of quaternary nitrogens is 1. The predicted octanol–water partition coefficient (Wildman–Crippen LogP) is 1.49. The van der Waals surface area contributed by atoms with E-state index in [1.54, 1.807) is 0 Å². The summed E-state index contributed by atoms with van der Waals surface area (Å²) in [6.45, 7) is 1.06. The Kier molecular flexibility index (Phi) is 2.22. The van der Waals surface area contributed by atoms with E-state index in [1.165, 1.54) is 11.1 Å². The molecule has 2 heterocycles. The van der Waals surface area contributed by atoms with E-state index in [0.717, 1.165) is 11.0 Å². The second-order valence-electron chi connectivity index (χ2n) is 4.23. The molecule has 0 fully saturated rings. The van der Waals surface area contributed by atoms with Crippen molar-refractivity contribution < 1.29 is 9.47 Å². The highest BCUT2D eigenvalue weighted by molar-refractivity contribution is 5.73. The summed E-state index contributed by atoms with van der Waals surface area (Å²) in [5, 5.41) is 0. The van der Waals surface area contributed by atoms with Crippen LogP contribution in [0.25, 0.3) is 5.57 Å². The number of pyridine rings is 1. The van der Waals surface area contributed by atoms with Crippen molar-refractivity contribution in [2.45, 2.75) is 0 Å². The van der Waals surface area contributed by atoms with Crippen molar-refractivity contribution in [1.29, 1.82) is 0 Å². The molecule has 0 unspecified atom stereocenters. The molecule has 0 radical (unpaired) electrons. The molecule has 2 heteroatoms. The highest BCUT2D eigenvalue weighted by Crippen LogP contribution is 2.19. The number of rotatable bonds is 1. The molecule has 0 amide bonds. The summed E-state index contributed by atoms with van der Waals surface area (Å²) in [5.41, 5.74) is 2.59. The Morgan fingerprint density at radius 2 is 1.93 bits per heavy atom. The Balaban J connectivity index is 2.25. The third-order valence-electron chi connectivity index (χ3n) is 2.49. The Bertz CT molecular complexity index is 375. The van der Waals surface area contributed by atoms with Crippen molar-refractivity contribution in [3.63, 3.8) is 0 Å². The van der Waals surface area contributed by atoms with Gasteiger partial charge in [-0.05, 0) is 23.3 Å². The first-order valence-corrected chi connectivity index (χ1v) is 4.86. The zero-order valence-electron chi connectivity index (χ0n) is 8.70. The number of hydrogen-bond donors (Lipinski definition) is 0. The maximum absolute atomic E-state index is 3.03. The molecule has 2 rings (SSSR count). The van der Waals surface area contributed by atoms with E-state index < -0.39 is 0 Å². The van der Waals surface area contributed by atoms with E-state index in [2.05, 4.69) is 49.6 Å². The van der Waals surface area contributed by atoms with Gasteiger partial charge in [0.1, 0.15) is 6.54 Å². The topological polar surface area (TPSA) is 14.1 Å². The Morgan fingerprint density at radius 3 is 2.50 bits per heavy atom. The van der Waals surface area contributed by atoms with Crippen molar-refractivity contribution in [3.8, 4) is 0 Å². The van der Waals surface area contributed by atoms with Crippen LogP contribution in [0.5, 0.6) is 0 Å². The van der Waals surface area contributed by atoms with Crippen LogP contribution in [0.2, 0.25) is 0 Å². The normalized spacial score (nSPS) is 19.1. The standard InChI is InChI=1S/C12H15N2/c1-14(2)9-5-12(6-10-14)11-3-7-13-8-4-11/h3-9H,10H2,1-2H3/q+1/p+1. The van der Waals surface area contributed by atoms with Gasteiger partial charge in [0.2, 0.25) is 0 Å². The van der Waals surface area contributed by atoms with Crippen LogP contribution in [-0.4, -0.2) is 25.1 Å². The predicted molar refractivity (Wildman–Crippen MR) is 57.1 cm³/mol. The van der Waals surface area contributed by atoms with Crippen LogP contribution < -0.4 is 4.98 Å². The molecule has 1 aliphatic heterocycles. The molecule has 0 aliphatic carbocycles. The minimum atomic E-state index is 0.933. The fourth-order valence-corrected chi connectivity index (χ4v) is 1.54. The Hall–Kier alpha value is -1.41. The molecule has 72 valence electrons. The number of H-pyrrole nitrogens is 1. The average Bonchev–Trinajstić information content (AvgIpc) is 2.19. The second-order valence-corrected chi connectivity index (χ2v) is 4.23. The zero-order valence-corrected chi connectivity index (χ0v) is 8.70. The van der Waals surface area contributed by atoms with Gasteiger partial charge in [-0.1, -0.05) is 0 Å². The third kappa shape index (κ3) is 1.91. The van der Waals surface area contributed by atoms with E-state index in [9.17, 15) is 0 Å². The van der Waals surface area contributed by atoms with Crippen molar-refractivity contribution in [1.82, 2.24) is 0 Å². The smallest absolute Gasteiger partial charge is 0.167 e. The highest BCUT2D eigenvalue weighted by Gasteiger charge is 2.14. The van der Waals surface area contributed by atoms with Gasteiger partial charge in [-0.25, -0.2) is 4.98 Å². The number of nitrogens with zero attached hydrogens (tertiary/aromatic N) is 1. The maximum atomic E-state index is 3.03. The quantitative estimate of drug-likeness (QED) is 0.593. The fraction of sp³-hybridized carbons (Fsp3) is 0.250. The molecule has 1 aliphatic rings. The van der Waals surface area contributed by atoms with E-state index >= 15 is 0 Å². The molecule has 0 bridgehead atoms. The molecule has 2 nitrogen and oxygen atoms in total. The molecule has 1 N–H and O–H groups in total. The van der Waals surface area contributed by atoms with E-state index in [0.29, 0.717) is 0 Å². The minimum Gasteiger partial charge on any atom is -0.299 e. The molecule has 0 saturated heterocycles. The largest absolute Gasteiger partial charge is 0.299 e. The van der Waals surface area contributed by atoms with Crippen LogP contribution in [0.15, 0.2) is 42.9 Å². The summed E-state index contributed by atoms with van der Waals surface area (Å²) in [4.78, 5) is 3.03. The van der Waals surface area contributed by atoms with E-state index in [1.807, 2.05) is 12.4 Å². The summed E-state index contributed by atoms with van der Waals surface area (Å²) in [5.74, 6) is 0. The summed E-state index contributed by atoms with van der Waals surface area (Å²) < 4.78 is 0.933. The van der Waals surface area contributed by atoms with Gasteiger partial charge in [-0.15, -0.1) is 0 Å². The maximum Gasteiger partial charge on any atom is 0.167 e. The van der Waals surface area contributed by atoms with Gasteiger partial charge in [-0.2, -0.15) is 0 Å². The van der Waals surface area contributed by atoms with Gasteiger partial charge in [0.25, 0.3) is 0 Å². The minimum absolute atomic E-state index is 0.933. The van der Waals surface area contributed by atoms with Crippen molar-refractivity contribution >= 4 is 5.57 Å². The summed E-state index contributed by atoms with van der Waals surface area (Å²) in [7, 11) is 4.39. The third-order valence-corrected chi connectivity index (χ3v) is 2.49. The molecule has 1 aromatic rings. The molecule has 0 atom stereocenters. The van der Waals surface area contributed by atoms with Gasteiger partial charge in [0, 0.05) is 12.1 Å². The number of aromatic amines is 1. The summed E-state index contributed by atoms with van der Waals surface area (Å²) >= 11 is 0. The van der Waals surface area contributed by atoms with Crippen LogP contribution in [0.1, 0.15) is 5.56 Å². The van der Waals surface area contributed by atoms with Crippen molar-refractivity contribution in [3.05, 3.63) is 48.4 Å². The lowest BCUT2D eigenvalue weighted by atomic mass is 10.0. The van der Waals surface area contributed by atoms with Crippen LogP contribution in [0.4, 0.5) is 0 Å². The molecule has 0 saturated carbocycles. The van der Waals surface area contributed by atoms with E-state index in [4.69, 9.17) is 0 Å². The molecule has 0 spiro atoms. The lowest BCUT2D eigenvalue weighted by molar-refractivity contribution is -0.833. The fourth-order valence-electron chi connectivity index (χ4n) is 1.54. The molecular formula is C12H16N2+2. The monoisotopic (exact) mass is 188 g/mol. The number of nitrogens with one attached hydrogen (secondary N) is 1. The van der Waals surface area contributed by atoms with E-state index in [-0.39, 0.29) is 0 Å². The average molecular weight is 188 g/mol. The van der Waals surface area contributed by atoms with Gasteiger partial charge in [-0.3, -0.25) is 4.48 Å². The van der Waals surface area contributed by atoms with Gasteiger partial charge < -0.3 is 0 Å². The highest BCUT2D eigenvalue weighted by atomic mass is 15.3. The van der Waals surface area contributed by atoms with Crippen LogP contribution in [-0.2, 0) is 0 Å². The summed E-state index contributed by atoms with van der Waals surface area (Å²) in [6.07, 6.45) is 10.6. The molecular weight excluding hydrogens is 172 g/mol. The lowest BCUT2D eigenvalue weighted by Gasteiger charge is -2.26. The summed E-state index contributed by atoms with van der Waals surface area (Å²) in [6, 6.07) is 4.20. The lowest BCUT2D eigenvalue weighted by Crippen LogP contribution is -2.34. The van der Waals surface area contributed by atoms with Crippen LogP contribution in [0.3, 0.4) is 0 Å². The van der Waals surface area contributed by atoms with Gasteiger partial charge in [0.05, 0.1) is 20.3 Å². The van der Waals surface area contributed by atoms with Crippen molar-refractivity contribution in [2.75, 3.05) is 20.6 Å². The Morgan fingerprint density at radius 1 is 1.21 bits per heavy atom. The Labute approximate surface area is 84.8 Å². The molecule has 0 aromatic carbocycles. The number of likely N-dealkylation sites (N-methyl/N-ethyl adjacent to an activating group) is 1. The first kappa shape index (κ1) is 9.16. The van der Waals surface area contributed by atoms with Gasteiger partial charge in [0.15, 0.2) is 12.4 Å². The number of allylic oxidation sites excluding steroid dienone is 2. The molecule has 14 heavy (non-hydrogen) atoms. The van der Waals surface area contributed by atoms with Crippen LogP contribution in [0, 0.1) is 0 Å². The molecule has 1 aromatic heterocycles. The first-order valence-electron chi connectivity index (χ1n) is 4.86. The van der Waals surface area contributed by atoms with Gasteiger partial charge >= 0.3 is 0 Å². The van der Waals surface area contributed by atoms with Crippen LogP contribution >= 0.6 is 0 Å². The zero-order chi connectivity index (χ0) is 10.0. The first-order chi connectivity index (χ1) is 6.67.